The van der Waals surface area contributed by atoms with Crippen LogP contribution in [0.5, 0.6) is 0 Å². The van der Waals surface area contributed by atoms with Gasteiger partial charge in [0.25, 0.3) is 0 Å². The summed E-state index contributed by atoms with van der Waals surface area (Å²) in [6, 6.07) is 20.1. The number of carbonyl (C=O) groups is 1. The summed E-state index contributed by atoms with van der Waals surface area (Å²) in [7, 11) is -4.84. The van der Waals surface area contributed by atoms with E-state index in [4.69, 9.17) is 4.74 Å². The fraction of sp³-hybridized carbons (Fsp3) is 0.174. The van der Waals surface area contributed by atoms with Gasteiger partial charge in [0.15, 0.2) is 0 Å². The Morgan fingerprint density at radius 2 is 1.24 bits per heavy atom. The van der Waals surface area contributed by atoms with Crippen LogP contribution in [0.3, 0.4) is 0 Å². The lowest BCUT2D eigenvalue weighted by atomic mass is 9.95. The van der Waals surface area contributed by atoms with Gasteiger partial charge in [-0.15, -0.1) is 0 Å². The summed E-state index contributed by atoms with van der Waals surface area (Å²) in [6.07, 6.45) is 0. The third kappa shape index (κ3) is 4.91. The number of carbonyl (C=O) groups excluding carboxylic acids is 1. The molecule has 150 valence electrons. The van der Waals surface area contributed by atoms with Crippen LogP contribution in [0.2, 0.25) is 0 Å². The molecule has 0 aliphatic rings. The second-order valence-electron chi connectivity index (χ2n) is 7.59. The van der Waals surface area contributed by atoms with Crippen molar-refractivity contribution in [1.82, 2.24) is 0 Å². The Hall–Kier alpha value is -2.96. The molecule has 3 aromatic carbocycles. The smallest absolute Gasteiger partial charge is 0.338 e. The van der Waals surface area contributed by atoms with Crippen molar-refractivity contribution in [2.45, 2.75) is 31.3 Å². The summed E-state index contributed by atoms with van der Waals surface area (Å²) in [5.41, 5.74) is 0.824. The van der Waals surface area contributed by atoms with E-state index in [0.717, 1.165) is 0 Å². The molecule has 0 bridgehead atoms. The molecule has 0 heterocycles. The SMILES string of the molecule is CC(C)(C)OC(=O)c1cc(-c2ccccc2)c(S(=O)(=O)[O-])c(-c2ccccc2)c1. The molecule has 0 amide bonds. The van der Waals surface area contributed by atoms with Gasteiger partial charge in [0, 0.05) is 11.1 Å². The summed E-state index contributed by atoms with van der Waals surface area (Å²) < 4.78 is 42.2. The molecule has 3 rings (SSSR count). The molecule has 0 spiro atoms. The Balaban J connectivity index is 2.36. The Morgan fingerprint density at radius 3 is 1.59 bits per heavy atom. The molecule has 0 N–H and O–H groups in total. The number of benzene rings is 3. The van der Waals surface area contributed by atoms with E-state index in [1.54, 1.807) is 81.4 Å². The molecule has 0 atom stereocenters. The monoisotopic (exact) mass is 409 g/mol. The van der Waals surface area contributed by atoms with Crippen molar-refractivity contribution in [3.05, 3.63) is 78.4 Å². The Labute approximate surface area is 170 Å². The number of rotatable bonds is 4. The first-order valence-electron chi connectivity index (χ1n) is 9.04. The minimum Gasteiger partial charge on any atom is -0.744 e. The van der Waals surface area contributed by atoms with Gasteiger partial charge < -0.3 is 9.29 Å². The summed E-state index contributed by atoms with van der Waals surface area (Å²) in [5, 5.41) is 0. The highest BCUT2D eigenvalue weighted by Gasteiger charge is 2.24. The first kappa shape index (κ1) is 20.8. The molecule has 0 radical (unpaired) electrons. The first-order valence-corrected chi connectivity index (χ1v) is 10.5. The molecule has 0 fully saturated rings. The number of ether oxygens (including phenoxy) is 1. The molecule has 0 unspecified atom stereocenters. The molecule has 0 aliphatic carbocycles. The molecule has 5 nitrogen and oxygen atoms in total. The molecule has 0 saturated carbocycles. The Bertz CT molecular complexity index is 1070. The van der Waals surface area contributed by atoms with Gasteiger partial charge >= 0.3 is 5.97 Å². The molecule has 6 heteroatoms. The van der Waals surface area contributed by atoms with Gasteiger partial charge in [-0.3, -0.25) is 0 Å². The van der Waals surface area contributed by atoms with Crippen molar-refractivity contribution in [2.75, 3.05) is 0 Å². The summed E-state index contributed by atoms with van der Waals surface area (Å²) in [4.78, 5) is 12.4. The topological polar surface area (TPSA) is 83.5 Å². The summed E-state index contributed by atoms with van der Waals surface area (Å²) in [5.74, 6) is -0.596. The van der Waals surface area contributed by atoms with Crippen LogP contribution in [0.25, 0.3) is 22.3 Å². The van der Waals surface area contributed by atoms with Gasteiger partial charge in [0.1, 0.15) is 15.7 Å². The number of hydrogen-bond donors (Lipinski definition) is 0. The van der Waals surface area contributed by atoms with Crippen LogP contribution in [-0.4, -0.2) is 24.5 Å². The standard InChI is InChI=1S/C23H22O5S/c1-23(2,3)28-22(24)18-14-19(16-10-6-4-7-11-16)21(29(25,26)27)20(15-18)17-12-8-5-9-13-17/h4-15H,1-3H3,(H,25,26,27)/p-1. The van der Waals surface area contributed by atoms with Gasteiger partial charge in [-0.05, 0) is 44.0 Å². The lowest BCUT2D eigenvalue weighted by molar-refractivity contribution is 0.00694. The molecular formula is C23H21O5S-. The lowest BCUT2D eigenvalue weighted by Crippen LogP contribution is -2.24. The van der Waals surface area contributed by atoms with Crippen molar-refractivity contribution in [3.63, 3.8) is 0 Å². The normalized spacial score (nSPS) is 11.9. The van der Waals surface area contributed by atoms with E-state index < -0.39 is 21.7 Å². The van der Waals surface area contributed by atoms with E-state index in [9.17, 15) is 17.8 Å². The van der Waals surface area contributed by atoms with Gasteiger partial charge in [-0.2, -0.15) is 0 Å². The van der Waals surface area contributed by atoms with Gasteiger partial charge in [0.2, 0.25) is 0 Å². The van der Waals surface area contributed by atoms with Crippen molar-refractivity contribution in [2.24, 2.45) is 0 Å². The average Bonchev–Trinajstić information content (AvgIpc) is 2.66. The van der Waals surface area contributed by atoms with Gasteiger partial charge in [-0.25, -0.2) is 13.2 Å². The molecule has 3 aromatic rings. The highest BCUT2D eigenvalue weighted by Crippen LogP contribution is 2.37. The largest absolute Gasteiger partial charge is 0.744 e. The van der Waals surface area contributed by atoms with Crippen molar-refractivity contribution in [3.8, 4) is 22.3 Å². The second-order valence-corrected chi connectivity index (χ2v) is 8.91. The molecular weight excluding hydrogens is 388 g/mol. The van der Waals surface area contributed by atoms with E-state index in [-0.39, 0.29) is 21.6 Å². The molecule has 0 aliphatic heterocycles. The third-order valence-electron chi connectivity index (χ3n) is 4.14. The average molecular weight is 409 g/mol. The van der Waals surface area contributed by atoms with Crippen molar-refractivity contribution >= 4 is 16.1 Å². The molecule has 29 heavy (non-hydrogen) atoms. The highest BCUT2D eigenvalue weighted by molar-refractivity contribution is 7.86. The maximum atomic E-state index is 12.7. The highest BCUT2D eigenvalue weighted by atomic mass is 32.2. The first-order chi connectivity index (χ1) is 13.6. The quantitative estimate of drug-likeness (QED) is 0.453. The van der Waals surface area contributed by atoms with Crippen LogP contribution in [0.1, 0.15) is 31.1 Å². The minimum atomic E-state index is -4.84. The maximum absolute atomic E-state index is 12.7. The maximum Gasteiger partial charge on any atom is 0.338 e. The number of esters is 1. The van der Waals surface area contributed by atoms with E-state index in [2.05, 4.69) is 0 Å². The zero-order valence-corrected chi connectivity index (χ0v) is 17.2. The lowest BCUT2D eigenvalue weighted by Gasteiger charge is -2.22. The van der Waals surface area contributed by atoms with Crippen molar-refractivity contribution in [1.29, 1.82) is 0 Å². The minimum absolute atomic E-state index is 0.169. The van der Waals surface area contributed by atoms with Crippen LogP contribution in [-0.2, 0) is 14.9 Å². The predicted molar refractivity (Wildman–Crippen MR) is 110 cm³/mol. The van der Waals surface area contributed by atoms with Crippen LogP contribution < -0.4 is 0 Å². The van der Waals surface area contributed by atoms with E-state index >= 15 is 0 Å². The van der Waals surface area contributed by atoms with Crippen molar-refractivity contribution < 1.29 is 22.5 Å². The Morgan fingerprint density at radius 1 is 0.828 bits per heavy atom. The predicted octanol–water partition coefficient (Wildman–Crippen LogP) is 4.88. The Kier molecular flexibility index (Phi) is 5.59. The zero-order valence-electron chi connectivity index (χ0n) is 16.4. The van der Waals surface area contributed by atoms with Crippen LogP contribution in [0.4, 0.5) is 0 Å². The summed E-state index contributed by atoms with van der Waals surface area (Å²) >= 11 is 0. The zero-order chi connectivity index (χ0) is 21.2. The fourth-order valence-electron chi connectivity index (χ4n) is 3.02. The third-order valence-corrected chi connectivity index (χ3v) is 5.08. The number of hydrogen-bond acceptors (Lipinski definition) is 5. The van der Waals surface area contributed by atoms with Gasteiger partial charge in [0.05, 0.1) is 10.5 Å². The van der Waals surface area contributed by atoms with E-state index in [0.29, 0.717) is 11.1 Å². The molecule has 0 saturated heterocycles. The van der Waals surface area contributed by atoms with Crippen LogP contribution in [0, 0.1) is 0 Å². The van der Waals surface area contributed by atoms with E-state index in [1.165, 1.54) is 12.1 Å². The van der Waals surface area contributed by atoms with E-state index in [1.807, 2.05) is 0 Å². The summed E-state index contributed by atoms with van der Waals surface area (Å²) in [6.45, 7) is 5.24. The fourth-order valence-corrected chi connectivity index (χ4v) is 3.91. The molecule has 0 aromatic heterocycles. The second kappa shape index (κ2) is 7.81. The van der Waals surface area contributed by atoms with Crippen LogP contribution in [0.15, 0.2) is 77.7 Å². The van der Waals surface area contributed by atoms with Crippen LogP contribution >= 0.6 is 0 Å². The van der Waals surface area contributed by atoms with Gasteiger partial charge in [-0.1, -0.05) is 60.7 Å².